The maximum Gasteiger partial charge on any atom is 0.336 e. The van der Waals surface area contributed by atoms with E-state index < -0.39 is 11.2 Å². The molecule has 0 spiro atoms. The average Bonchev–Trinajstić information content (AvgIpc) is 3.23. The molecule has 0 aliphatic heterocycles. The van der Waals surface area contributed by atoms with Gasteiger partial charge in [0.1, 0.15) is 11.2 Å². The third-order valence-electron chi connectivity index (χ3n) is 5.00. The molecular formula is C23H20ClN3O3S. The molecule has 6 nitrogen and oxygen atoms in total. The molecule has 0 aliphatic rings. The number of anilines is 1. The molecule has 0 fully saturated rings. The van der Waals surface area contributed by atoms with Crippen LogP contribution >= 0.6 is 22.9 Å². The number of benzene rings is 2. The highest BCUT2D eigenvalue weighted by Gasteiger charge is 2.17. The Balaban J connectivity index is 1.71. The van der Waals surface area contributed by atoms with E-state index in [-0.39, 0.29) is 12.5 Å². The van der Waals surface area contributed by atoms with Crippen LogP contribution in [0.15, 0.2) is 69.6 Å². The van der Waals surface area contributed by atoms with Crippen molar-refractivity contribution in [2.24, 2.45) is 0 Å². The second kappa shape index (κ2) is 8.53. The second-order valence-corrected chi connectivity index (χ2v) is 8.80. The molecule has 0 saturated carbocycles. The van der Waals surface area contributed by atoms with Crippen molar-refractivity contribution in [3.8, 4) is 5.69 Å². The van der Waals surface area contributed by atoms with Crippen LogP contribution in [0.2, 0.25) is 5.02 Å². The van der Waals surface area contributed by atoms with Gasteiger partial charge in [-0.2, -0.15) is 0 Å². The number of nitrogens with one attached hydrogen (secondary N) is 1. The number of thiophene rings is 1. The number of carbonyl (C=O) groups excluding carboxylic acids is 1. The number of halogens is 1. The van der Waals surface area contributed by atoms with Crippen LogP contribution in [0, 0.1) is 0 Å². The van der Waals surface area contributed by atoms with Gasteiger partial charge in [0.15, 0.2) is 0 Å². The molecule has 0 saturated heterocycles. The van der Waals surface area contributed by atoms with Crippen molar-refractivity contribution >= 4 is 44.7 Å². The van der Waals surface area contributed by atoms with Crippen LogP contribution in [-0.4, -0.2) is 15.0 Å². The Kier molecular flexibility index (Phi) is 5.80. The quantitative estimate of drug-likeness (QED) is 0.478. The number of nitrogens with zero attached hydrogens (tertiary/aromatic N) is 2. The van der Waals surface area contributed by atoms with E-state index in [1.807, 2.05) is 24.3 Å². The number of aromatic nitrogens is 2. The molecule has 0 radical (unpaired) electrons. The topological polar surface area (TPSA) is 73.1 Å². The molecule has 158 valence electrons. The van der Waals surface area contributed by atoms with E-state index in [2.05, 4.69) is 19.2 Å². The summed E-state index contributed by atoms with van der Waals surface area (Å²) in [6.07, 6.45) is 0. The predicted molar refractivity (Wildman–Crippen MR) is 126 cm³/mol. The Morgan fingerprint density at radius 3 is 2.35 bits per heavy atom. The van der Waals surface area contributed by atoms with Crippen LogP contribution in [0.3, 0.4) is 0 Å². The van der Waals surface area contributed by atoms with Crippen LogP contribution in [0.25, 0.3) is 15.9 Å². The van der Waals surface area contributed by atoms with Gasteiger partial charge >= 0.3 is 5.69 Å². The molecule has 0 aliphatic carbocycles. The number of fused-ring (bicyclic) bond motifs is 1. The van der Waals surface area contributed by atoms with Gasteiger partial charge in [-0.1, -0.05) is 37.6 Å². The first-order chi connectivity index (χ1) is 14.8. The molecule has 4 aromatic rings. The second-order valence-electron chi connectivity index (χ2n) is 7.45. The number of hydrogen-bond donors (Lipinski definition) is 1. The van der Waals surface area contributed by atoms with E-state index in [1.54, 1.807) is 35.7 Å². The summed E-state index contributed by atoms with van der Waals surface area (Å²) in [7, 11) is 0. The molecule has 2 aromatic heterocycles. The lowest BCUT2D eigenvalue weighted by atomic mass is 10.0. The molecule has 2 heterocycles. The minimum Gasteiger partial charge on any atom is -0.325 e. The fourth-order valence-corrected chi connectivity index (χ4v) is 4.30. The smallest absolute Gasteiger partial charge is 0.325 e. The number of amides is 1. The summed E-state index contributed by atoms with van der Waals surface area (Å²) in [5.41, 5.74) is 1.66. The van der Waals surface area contributed by atoms with Gasteiger partial charge in [-0.3, -0.25) is 14.2 Å². The van der Waals surface area contributed by atoms with Crippen molar-refractivity contribution in [1.29, 1.82) is 0 Å². The summed E-state index contributed by atoms with van der Waals surface area (Å²) < 4.78 is 2.79. The van der Waals surface area contributed by atoms with Gasteiger partial charge in [0.05, 0.1) is 11.2 Å². The van der Waals surface area contributed by atoms with Gasteiger partial charge in [0, 0.05) is 10.7 Å². The molecule has 0 bridgehead atoms. The number of rotatable bonds is 5. The Hall–Kier alpha value is -3.16. The van der Waals surface area contributed by atoms with E-state index in [9.17, 15) is 14.4 Å². The highest BCUT2D eigenvalue weighted by atomic mass is 35.5. The molecular weight excluding hydrogens is 434 g/mol. The molecule has 0 unspecified atom stereocenters. The lowest BCUT2D eigenvalue weighted by molar-refractivity contribution is -0.116. The maximum absolute atomic E-state index is 13.2. The zero-order valence-corrected chi connectivity index (χ0v) is 18.5. The van der Waals surface area contributed by atoms with Gasteiger partial charge in [0.25, 0.3) is 5.56 Å². The highest BCUT2D eigenvalue weighted by Crippen LogP contribution is 2.19. The molecule has 1 N–H and O–H groups in total. The summed E-state index contributed by atoms with van der Waals surface area (Å²) in [5, 5.41) is 5.05. The lowest BCUT2D eigenvalue weighted by Crippen LogP contribution is -2.40. The van der Waals surface area contributed by atoms with E-state index in [0.29, 0.717) is 32.5 Å². The Bertz CT molecular complexity index is 1370. The average molecular weight is 454 g/mol. The molecule has 8 heteroatoms. The van der Waals surface area contributed by atoms with Crippen LogP contribution in [0.4, 0.5) is 5.69 Å². The minimum absolute atomic E-state index is 0.216. The van der Waals surface area contributed by atoms with Crippen LogP contribution < -0.4 is 16.6 Å². The van der Waals surface area contributed by atoms with Crippen molar-refractivity contribution < 1.29 is 4.79 Å². The first kappa shape index (κ1) is 21.1. The molecule has 4 rings (SSSR count). The summed E-state index contributed by atoms with van der Waals surface area (Å²) in [6.45, 7) is 3.98. The largest absolute Gasteiger partial charge is 0.336 e. The van der Waals surface area contributed by atoms with Gasteiger partial charge in [-0.25, -0.2) is 9.36 Å². The summed E-state index contributed by atoms with van der Waals surface area (Å²) in [6, 6.07) is 15.7. The van der Waals surface area contributed by atoms with Crippen molar-refractivity contribution in [2.45, 2.75) is 26.3 Å². The molecule has 2 aromatic carbocycles. The van der Waals surface area contributed by atoms with E-state index in [1.165, 1.54) is 21.5 Å². The van der Waals surface area contributed by atoms with Crippen LogP contribution in [0.1, 0.15) is 25.3 Å². The lowest BCUT2D eigenvalue weighted by Gasteiger charge is -2.13. The molecule has 1 amide bonds. The van der Waals surface area contributed by atoms with Crippen LogP contribution in [0.5, 0.6) is 0 Å². The van der Waals surface area contributed by atoms with Crippen molar-refractivity contribution in [3.63, 3.8) is 0 Å². The standard InChI is InChI=1S/C23H20ClN3O3S/c1-14(2)15-3-7-17(8-4-15)25-20(28)13-26-19-11-12-31-21(19)22(29)27(23(26)30)18-9-5-16(24)6-10-18/h3-12,14H,13H2,1-2H3,(H,25,28). The normalized spacial score (nSPS) is 11.2. The number of hydrogen-bond acceptors (Lipinski definition) is 4. The van der Waals surface area contributed by atoms with Crippen molar-refractivity contribution in [3.05, 3.63) is 91.4 Å². The third kappa shape index (κ3) is 4.19. The third-order valence-corrected chi connectivity index (χ3v) is 6.15. The zero-order valence-electron chi connectivity index (χ0n) is 17.0. The van der Waals surface area contributed by atoms with Crippen molar-refractivity contribution in [1.82, 2.24) is 9.13 Å². The SMILES string of the molecule is CC(C)c1ccc(NC(=O)Cn2c(=O)n(-c3ccc(Cl)cc3)c(=O)c3sccc32)cc1. The van der Waals surface area contributed by atoms with E-state index in [4.69, 9.17) is 11.6 Å². The van der Waals surface area contributed by atoms with Gasteiger partial charge in [-0.15, -0.1) is 11.3 Å². The van der Waals surface area contributed by atoms with Crippen LogP contribution in [-0.2, 0) is 11.3 Å². The van der Waals surface area contributed by atoms with E-state index in [0.717, 1.165) is 4.57 Å². The van der Waals surface area contributed by atoms with Crippen molar-refractivity contribution in [2.75, 3.05) is 5.32 Å². The zero-order chi connectivity index (χ0) is 22.1. The summed E-state index contributed by atoms with van der Waals surface area (Å²) in [5.74, 6) is 0.0392. The van der Waals surface area contributed by atoms with Gasteiger partial charge < -0.3 is 5.32 Å². The minimum atomic E-state index is -0.580. The first-order valence-corrected chi connectivity index (χ1v) is 11.0. The maximum atomic E-state index is 13.2. The summed E-state index contributed by atoms with van der Waals surface area (Å²) >= 11 is 7.17. The molecule has 31 heavy (non-hydrogen) atoms. The fraction of sp³-hybridized carbons (Fsp3) is 0.174. The van der Waals surface area contributed by atoms with Gasteiger partial charge in [0.2, 0.25) is 5.91 Å². The predicted octanol–water partition coefficient (Wildman–Crippen LogP) is 4.63. The Morgan fingerprint density at radius 2 is 1.71 bits per heavy atom. The fourth-order valence-electron chi connectivity index (χ4n) is 3.35. The van der Waals surface area contributed by atoms with E-state index >= 15 is 0 Å². The number of carbonyl (C=O) groups is 1. The Labute approximate surface area is 187 Å². The van der Waals surface area contributed by atoms with Gasteiger partial charge in [-0.05, 0) is 59.3 Å². The Morgan fingerprint density at radius 1 is 1.03 bits per heavy atom. The monoisotopic (exact) mass is 453 g/mol. The highest BCUT2D eigenvalue weighted by molar-refractivity contribution is 7.17. The first-order valence-electron chi connectivity index (χ1n) is 9.74. The molecule has 0 atom stereocenters. The summed E-state index contributed by atoms with van der Waals surface area (Å²) in [4.78, 5) is 38.9.